The third kappa shape index (κ3) is 3.30. The van der Waals surface area contributed by atoms with Crippen LogP contribution in [0.5, 0.6) is 5.75 Å². The second kappa shape index (κ2) is 4.99. The second-order valence-electron chi connectivity index (χ2n) is 2.87. The highest BCUT2D eigenvalue weighted by Crippen LogP contribution is 2.11. The van der Waals surface area contributed by atoms with Crippen LogP contribution in [0.3, 0.4) is 0 Å². The van der Waals surface area contributed by atoms with Gasteiger partial charge in [0.2, 0.25) is 5.91 Å². The van der Waals surface area contributed by atoms with E-state index in [0.29, 0.717) is 11.3 Å². The average Bonchev–Trinajstić information content (AvgIpc) is 2.26. The van der Waals surface area contributed by atoms with Gasteiger partial charge in [-0.1, -0.05) is 6.07 Å². The minimum atomic E-state index is -0.385. The molecule has 0 spiro atoms. The van der Waals surface area contributed by atoms with E-state index in [4.69, 9.17) is 4.74 Å². The van der Waals surface area contributed by atoms with Crippen molar-refractivity contribution in [1.29, 1.82) is 0 Å². The fourth-order valence-electron chi connectivity index (χ4n) is 0.981. The van der Waals surface area contributed by atoms with Crippen molar-refractivity contribution in [3.8, 4) is 5.75 Å². The minimum absolute atomic E-state index is 0.328. The third-order valence-electron chi connectivity index (χ3n) is 1.68. The van der Waals surface area contributed by atoms with Gasteiger partial charge < -0.3 is 4.74 Å². The SMILES string of the molecule is COc1cccc(C(=O)NNC(C)=O)c1. The molecule has 80 valence electrons. The maximum Gasteiger partial charge on any atom is 0.269 e. The van der Waals surface area contributed by atoms with Crippen molar-refractivity contribution < 1.29 is 14.3 Å². The summed E-state index contributed by atoms with van der Waals surface area (Å²) in [6.45, 7) is 1.31. The van der Waals surface area contributed by atoms with Gasteiger partial charge >= 0.3 is 0 Å². The van der Waals surface area contributed by atoms with E-state index in [1.807, 2.05) is 0 Å². The van der Waals surface area contributed by atoms with E-state index in [9.17, 15) is 9.59 Å². The van der Waals surface area contributed by atoms with E-state index in [1.54, 1.807) is 24.3 Å². The molecular weight excluding hydrogens is 196 g/mol. The van der Waals surface area contributed by atoms with Crippen LogP contribution < -0.4 is 15.6 Å². The molecule has 1 aromatic carbocycles. The predicted molar refractivity (Wildman–Crippen MR) is 54.3 cm³/mol. The lowest BCUT2D eigenvalue weighted by atomic mass is 10.2. The summed E-state index contributed by atoms with van der Waals surface area (Å²) in [5.41, 5.74) is 4.88. The van der Waals surface area contributed by atoms with Gasteiger partial charge in [0.1, 0.15) is 5.75 Å². The van der Waals surface area contributed by atoms with Gasteiger partial charge in [0.15, 0.2) is 0 Å². The summed E-state index contributed by atoms with van der Waals surface area (Å²) in [6, 6.07) is 6.63. The Hall–Kier alpha value is -2.04. The number of methoxy groups -OCH3 is 1. The zero-order valence-electron chi connectivity index (χ0n) is 8.53. The fourth-order valence-corrected chi connectivity index (χ4v) is 0.981. The van der Waals surface area contributed by atoms with Crippen LogP contribution in [0.4, 0.5) is 0 Å². The van der Waals surface area contributed by atoms with E-state index in [1.165, 1.54) is 14.0 Å². The quantitative estimate of drug-likeness (QED) is 0.694. The van der Waals surface area contributed by atoms with Gasteiger partial charge in [-0.2, -0.15) is 0 Å². The van der Waals surface area contributed by atoms with E-state index in [-0.39, 0.29) is 11.8 Å². The summed E-state index contributed by atoms with van der Waals surface area (Å²) in [5, 5.41) is 0. The summed E-state index contributed by atoms with van der Waals surface area (Å²) < 4.78 is 4.96. The lowest BCUT2D eigenvalue weighted by Gasteiger charge is -2.06. The molecule has 0 radical (unpaired) electrons. The molecule has 1 rings (SSSR count). The zero-order chi connectivity index (χ0) is 11.3. The van der Waals surface area contributed by atoms with Gasteiger partial charge in [0.05, 0.1) is 7.11 Å². The van der Waals surface area contributed by atoms with Gasteiger partial charge in [-0.15, -0.1) is 0 Å². The van der Waals surface area contributed by atoms with Crippen molar-refractivity contribution in [3.63, 3.8) is 0 Å². The molecule has 0 unspecified atom stereocenters. The Kier molecular flexibility index (Phi) is 3.68. The standard InChI is InChI=1S/C10H12N2O3/c1-7(13)11-12-10(14)8-4-3-5-9(6-8)15-2/h3-6H,1-2H3,(H,11,13)(H,12,14). The molecule has 0 heterocycles. The smallest absolute Gasteiger partial charge is 0.269 e. The summed E-state index contributed by atoms with van der Waals surface area (Å²) >= 11 is 0. The summed E-state index contributed by atoms with van der Waals surface area (Å²) in [4.78, 5) is 22.0. The summed E-state index contributed by atoms with van der Waals surface area (Å²) in [6.07, 6.45) is 0. The fraction of sp³-hybridized carbons (Fsp3) is 0.200. The molecule has 0 aliphatic heterocycles. The zero-order valence-corrected chi connectivity index (χ0v) is 8.53. The Labute approximate surface area is 87.4 Å². The van der Waals surface area contributed by atoms with Crippen LogP contribution in [0.25, 0.3) is 0 Å². The van der Waals surface area contributed by atoms with Gasteiger partial charge in [0, 0.05) is 12.5 Å². The lowest BCUT2D eigenvalue weighted by Crippen LogP contribution is -2.40. The number of amides is 2. The number of benzene rings is 1. The van der Waals surface area contributed by atoms with Crippen molar-refractivity contribution in [3.05, 3.63) is 29.8 Å². The van der Waals surface area contributed by atoms with Crippen molar-refractivity contribution in [2.45, 2.75) is 6.92 Å². The van der Waals surface area contributed by atoms with Gasteiger partial charge in [0.25, 0.3) is 5.91 Å². The predicted octanol–water partition coefficient (Wildman–Crippen LogP) is 0.476. The first-order valence-corrected chi connectivity index (χ1v) is 4.34. The van der Waals surface area contributed by atoms with Crippen LogP contribution in [0, 0.1) is 0 Å². The average molecular weight is 208 g/mol. The maximum absolute atomic E-state index is 11.4. The Bertz CT molecular complexity index is 377. The summed E-state index contributed by atoms with van der Waals surface area (Å²) in [5.74, 6) is -0.124. The molecule has 0 aromatic heterocycles. The Morgan fingerprint density at radius 2 is 2.00 bits per heavy atom. The highest BCUT2D eigenvalue weighted by molar-refractivity contribution is 5.95. The molecule has 2 N–H and O–H groups in total. The molecule has 0 bridgehead atoms. The Morgan fingerprint density at radius 3 is 2.60 bits per heavy atom. The molecule has 0 aliphatic rings. The first-order valence-electron chi connectivity index (χ1n) is 4.34. The van der Waals surface area contributed by atoms with Gasteiger partial charge in [-0.3, -0.25) is 20.4 Å². The molecule has 2 amide bonds. The highest BCUT2D eigenvalue weighted by Gasteiger charge is 2.05. The Balaban J connectivity index is 2.69. The topological polar surface area (TPSA) is 67.4 Å². The number of rotatable bonds is 2. The summed E-state index contributed by atoms with van der Waals surface area (Å²) in [7, 11) is 1.52. The van der Waals surface area contributed by atoms with E-state index in [2.05, 4.69) is 10.9 Å². The normalized spacial score (nSPS) is 9.20. The molecule has 0 fully saturated rings. The first-order chi connectivity index (χ1) is 7.13. The van der Waals surface area contributed by atoms with E-state index >= 15 is 0 Å². The number of nitrogens with one attached hydrogen (secondary N) is 2. The van der Waals surface area contributed by atoms with Crippen molar-refractivity contribution >= 4 is 11.8 Å². The first kappa shape index (κ1) is 11.0. The van der Waals surface area contributed by atoms with Crippen LogP contribution in [0.2, 0.25) is 0 Å². The number of hydrogen-bond acceptors (Lipinski definition) is 3. The number of ether oxygens (including phenoxy) is 1. The molecule has 5 heteroatoms. The van der Waals surface area contributed by atoms with Gasteiger partial charge in [-0.25, -0.2) is 0 Å². The number of hydrogen-bond donors (Lipinski definition) is 2. The second-order valence-corrected chi connectivity index (χ2v) is 2.87. The molecule has 0 atom stereocenters. The molecule has 0 aliphatic carbocycles. The van der Waals surface area contributed by atoms with E-state index in [0.717, 1.165) is 0 Å². The highest BCUT2D eigenvalue weighted by atomic mass is 16.5. The lowest BCUT2D eigenvalue weighted by molar-refractivity contribution is -0.119. The monoisotopic (exact) mass is 208 g/mol. The number of hydrazine groups is 1. The van der Waals surface area contributed by atoms with Gasteiger partial charge in [-0.05, 0) is 18.2 Å². The molecule has 5 nitrogen and oxygen atoms in total. The van der Waals surface area contributed by atoms with Crippen LogP contribution in [0.15, 0.2) is 24.3 Å². The van der Waals surface area contributed by atoms with Crippen LogP contribution in [-0.4, -0.2) is 18.9 Å². The maximum atomic E-state index is 11.4. The molecule has 0 saturated heterocycles. The molecule has 15 heavy (non-hydrogen) atoms. The van der Waals surface area contributed by atoms with Crippen LogP contribution in [-0.2, 0) is 4.79 Å². The minimum Gasteiger partial charge on any atom is -0.497 e. The number of carbonyl (C=O) groups excluding carboxylic acids is 2. The van der Waals surface area contributed by atoms with Crippen molar-refractivity contribution in [2.24, 2.45) is 0 Å². The molecular formula is C10H12N2O3. The van der Waals surface area contributed by atoms with Crippen LogP contribution >= 0.6 is 0 Å². The van der Waals surface area contributed by atoms with Crippen molar-refractivity contribution in [2.75, 3.05) is 7.11 Å². The molecule has 1 aromatic rings. The largest absolute Gasteiger partial charge is 0.497 e. The van der Waals surface area contributed by atoms with Crippen LogP contribution in [0.1, 0.15) is 17.3 Å². The third-order valence-corrected chi connectivity index (χ3v) is 1.68. The Morgan fingerprint density at radius 1 is 1.27 bits per heavy atom. The van der Waals surface area contributed by atoms with E-state index < -0.39 is 0 Å². The molecule has 0 saturated carbocycles. The van der Waals surface area contributed by atoms with Crippen molar-refractivity contribution in [1.82, 2.24) is 10.9 Å². The number of carbonyl (C=O) groups is 2.